The number of rotatable bonds is 2. The summed E-state index contributed by atoms with van der Waals surface area (Å²) in [7, 11) is 0. The van der Waals surface area contributed by atoms with E-state index in [1.54, 1.807) is 6.33 Å². The summed E-state index contributed by atoms with van der Waals surface area (Å²) in [6, 6.07) is 15.4. The Balaban J connectivity index is 1.99. The third-order valence-corrected chi connectivity index (χ3v) is 4.36. The van der Waals surface area contributed by atoms with Crippen molar-refractivity contribution in [1.82, 2.24) is 9.55 Å². The van der Waals surface area contributed by atoms with Crippen LogP contribution in [0.5, 0.6) is 0 Å². The van der Waals surface area contributed by atoms with Crippen LogP contribution in [0.3, 0.4) is 0 Å². The maximum atomic E-state index is 11.6. The van der Waals surface area contributed by atoms with Crippen molar-refractivity contribution >= 4 is 23.2 Å². The maximum absolute atomic E-state index is 11.6. The van der Waals surface area contributed by atoms with E-state index < -0.39 is 5.91 Å². The number of aromatic nitrogens is 2. The zero-order valence-corrected chi connectivity index (χ0v) is 13.4. The Labute approximate surface area is 143 Å². The topological polar surface area (TPSA) is 73.3 Å². The van der Waals surface area contributed by atoms with Crippen LogP contribution in [0, 0.1) is 0 Å². The second-order valence-corrected chi connectivity index (χ2v) is 5.84. The van der Waals surface area contributed by atoms with Gasteiger partial charge in [0.05, 0.1) is 23.6 Å². The van der Waals surface area contributed by atoms with Crippen molar-refractivity contribution in [3.63, 3.8) is 0 Å². The lowest BCUT2D eigenvalue weighted by molar-refractivity contribution is 0.0995. The predicted molar refractivity (Wildman–Crippen MR) is 92.9 cm³/mol. The highest BCUT2D eigenvalue weighted by atomic mass is 35.5. The van der Waals surface area contributed by atoms with Gasteiger partial charge in [0.15, 0.2) is 5.69 Å². The summed E-state index contributed by atoms with van der Waals surface area (Å²) >= 11 is 6.37. The van der Waals surface area contributed by atoms with Gasteiger partial charge in [-0.15, -0.1) is 0 Å². The van der Waals surface area contributed by atoms with Crippen molar-refractivity contribution in [2.24, 2.45) is 10.7 Å². The quantitative estimate of drug-likeness (QED) is 0.781. The maximum Gasteiger partial charge on any atom is 0.269 e. The second kappa shape index (κ2) is 5.62. The Morgan fingerprint density at radius 2 is 1.79 bits per heavy atom. The Morgan fingerprint density at radius 3 is 2.54 bits per heavy atom. The molecule has 0 unspecified atom stereocenters. The average molecular weight is 337 g/mol. The van der Waals surface area contributed by atoms with Crippen molar-refractivity contribution in [2.45, 2.75) is 6.54 Å². The van der Waals surface area contributed by atoms with Crippen LogP contribution in [0.15, 0.2) is 59.9 Å². The summed E-state index contributed by atoms with van der Waals surface area (Å²) in [5.74, 6) is -0.558. The summed E-state index contributed by atoms with van der Waals surface area (Å²) < 4.78 is 1.86. The first-order valence-corrected chi connectivity index (χ1v) is 7.80. The highest BCUT2D eigenvalue weighted by Gasteiger charge is 2.23. The molecule has 3 aromatic rings. The van der Waals surface area contributed by atoms with Gasteiger partial charge >= 0.3 is 0 Å². The van der Waals surface area contributed by atoms with E-state index in [0.717, 1.165) is 22.5 Å². The summed E-state index contributed by atoms with van der Waals surface area (Å²) in [5.41, 5.74) is 9.82. The molecule has 1 aromatic heterocycles. The van der Waals surface area contributed by atoms with Crippen LogP contribution in [0.2, 0.25) is 5.02 Å². The van der Waals surface area contributed by atoms with Crippen LogP contribution in [0.4, 0.5) is 0 Å². The van der Waals surface area contributed by atoms with Gasteiger partial charge < -0.3 is 5.73 Å². The molecule has 6 heteroatoms. The zero-order valence-electron chi connectivity index (χ0n) is 12.6. The largest absolute Gasteiger partial charge is 0.364 e. The Bertz CT molecular complexity index is 990. The number of nitrogens with two attached hydrogens (primary N) is 1. The molecule has 2 aromatic carbocycles. The first-order valence-electron chi connectivity index (χ1n) is 7.42. The fraction of sp³-hybridized carbons (Fsp3) is 0.0556. The molecule has 1 aliphatic heterocycles. The Hall–Kier alpha value is -2.92. The number of primary amides is 1. The molecule has 5 nitrogen and oxygen atoms in total. The molecule has 0 saturated heterocycles. The molecule has 2 heterocycles. The summed E-state index contributed by atoms with van der Waals surface area (Å²) in [6.07, 6.45) is 1.61. The first kappa shape index (κ1) is 14.7. The van der Waals surface area contributed by atoms with Crippen molar-refractivity contribution < 1.29 is 4.79 Å². The van der Waals surface area contributed by atoms with E-state index in [4.69, 9.17) is 22.3 Å². The molecule has 0 bridgehead atoms. The number of nitrogens with zero attached hydrogens (tertiary/aromatic N) is 3. The lowest BCUT2D eigenvalue weighted by Crippen LogP contribution is -2.14. The van der Waals surface area contributed by atoms with Crippen molar-refractivity contribution in [1.29, 1.82) is 0 Å². The van der Waals surface area contributed by atoms with Gasteiger partial charge in [0, 0.05) is 16.1 Å². The molecule has 0 atom stereocenters. The second-order valence-electron chi connectivity index (χ2n) is 5.44. The van der Waals surface area contributed by atoms with E-state index >= 15 is 0 Å². The fourth-order valence-electron chi connectivity index (χ4n) is 2.94. The molecule has 0 saturated carbocycles. The van der Waals surface area contributed by atoms with Gasteiger partial charge in [-0.05, 0) is 12.1 Å². The van der Waals surface area contributed by atoms with E-state index in [0.29, 0.717) is 17.3 Å². The number of hydrogen-bond acceptors (Lipinski definition) is 3. The van der Waals surface area contributed by atoms with E-state index in [-0.39, 0.29) is 5.69 Å². The van der Waals surface area contributed by atoms with Crippen LogP contribution < -0.4 is 5.73 Å². The van der Waals surface area contributed by atoms with Crippen LogP contribution >= 0.6 is 11.6 Å². The lowest BCUT2D eigenvalue weighted by Gasteiger charge is -2.12. The molecule has 24 heavy (non-hydrogen) atoms. The normalized spacial score (nSPS) is 12.8. The SMILES string of the molecule is NC(=O)c1ncn2c1CN=C(c1ccccc1Cl)c1ccccc1-2. The number of aliphatic imine (C=N–C) groups is 1. The number of imidazole rings is 1. The van der Waals surface area contributed by atoms with Crippen LogP contribution in [-0.4, -0.2) is 21.2 Å². The molecular formula is C18H13ClN4O. The average Bonchev–Trinajstić information content (AvgIpc) is 2.94. The van der Waals surface area contributed by atoms with Crippen molar-refractivity contribution in [3.05, 3.63) is 82.4 Å². The number of carbonyl (C=O) groups is 1. The van der Waals surface area contributed by atoms with Gasteiger partial charge in [-0.2, -0.15) is 0 Å². The summed E-state index contributed by atoms with van der Waals surface area (Å²) in [5, 5.41) is 0.630. The molecule has 0 fully saturated rings. The first-order chi connectivity index (χ1) is 11.7. The monoisotopic (exact) mass is 336 g/mol. The van der Waals surface area contributed by atoms with Crippen LogP contribution in [-0.2, 0) is 6.54 Å². The van der Waals surface area contributed by atoms with E-state index in [9.17, 15) is 4.79 Å². The van der Waals surface area contributed by atoms with E-state index in [1.807, 2.05) is 53.1 Å². The Morgan fingerprint density at radius 1 is 1.08 bits per heavy atom. The number of carbonyl (C=O) groups excluding carboxylic acids is 1. The molecule has 1 aliphatic rings. The number of halogens is 1. The molecule has 0 radical (unpaired) electrons. The van der Waals surface area contributed by atoms with Gasteiger partial charge in [0.1, 0.15) is 6.33 Å². The van der Waals surface area contributed by atoms with Gasteiger partial charge in [0.2, 0.25) is 0 Å². The van der Waals surface area contributed by atoms with Gasteiger partial charge in [-0.1, -0.05) is 48.0 Å². The predicted octanol–water partition coefficient (Wildman–Crippen LogP) is 2.98. The molecular weight excluding hydrogens is 324 g/mol. The number of fused-ring (bicyclic) bond motifs is 3. The third kappa shape index (κ3) is 2.21. The number of para-hydroxylation sites is 1. The molecule has 0 spiro atoms. The molecule has 0 aliphatic carbocycles. The van der Waals surface area contributed by atoms with E-state index in [1.165, 1.54) is 0 Å². The lowest BCUT2D eigenvalue weighted by atomic mass is 10.0. The summed E-state index contributed by atoms with van der Waals surface area (Å²) in [4.78, 5) is 20.5. The third-order valence-electron chi connectivity index (χ3n) is 4.03. The zero-order chi connectivity index (χ0) is 16.7. The summed E-state index contributed by atoms with van der Waals surface area (Å²) in [6.45, 7) is 0.299. The number of amides is 1. The van der Waals surface area contributed by atoms with Crippen LogP contribution in [0.1, 0.15) is 27.3 Å². The molecule has 2 N–H and O–H groups in total. The molecule has 118 valence electrons. The van der Waals surface area contributed by atoms with E-state index in [2.05, 4.69) is 4.98 Å². The van der Waals surface area contributed by atoms with Gasteiger partial charge in [-0.3, -0.25) is 14.4 Å². The smallest absolute Gasteiger partial charge is 0.269 e. The van der Waals surface area contributed by atoms with Crippen molar-refractivity contribution in [3.8, 4) is 5.69 Å². The highest BCUT2D eigenvalue weighted by Crippen LogP contribution is 2.28. The minimum absolute atomic E-state index is 0.244. The fourth-order valence-corrected chi connectivity index (χ4v) is 3.17. The van der Waals surface area contributed by atoms with Gasteiger partial charge in [-0.25, -0.2) is 4.98 Å². The minimum atomic E-state index is -0.558. The standard InChI is InChI=1S/C18H13ClN4O/c19-13-7-3-1-5-11(13)16-12-6-2-4-8-14(12)23-10-22-17(18(20)24)15(23)9-21-16/h1-8,10H,9H2,(H2,20,24). The highest BCUT2D eigenvalue weighted by molar-refractivity contribution is 6.35. The number of benzene rings is 2. The van der Waals surface area contributed by atoms with Crippen LogP contribution in [0.25, 0.3) is 5.69 Å². The molecule has 1 amide bonds. The number of hydrogen-bond donors (Lipinski definition) is 1. The Kier molecular flexibility index (Phi) is 3.43. The van der Waals surface area contributed by atoms with Gasteiger partial charge in [0.25, 0.3) is 5.91 Å². The minimum Gasteiger partial charge on any atom is -0.364 e. The molecule has 4 rings (SSSR count). The van der Waals surface area contributed by atoms with Crippen molar-refractivity contribution in [2.75, 3.05) is 0 Å².